The van der Waals surface area contributed by atoms with Crippen molar-refractivity contribution in [2.45, 2.75) is 39.1 Å². The number of fused-ring (bicyclic) bond motifs is 1. The fourth-order valence-corrected chi connectivity index (χ4v) is 3.81. The van der Waals surface area contributed by atoms with Gasteiger partial charge < -0.3 is 24.1 Å². The zero-order valence-corrected chi connectivity index (χ0v) is 23.0. The number of para-hydroxylation sites is 2. The Hall–Kier alpha value is -2.77. The molecular formula is C28H25ClNNaO5. The molecule has 0 N–H and O–H groups in total. The van der Waals surface area contributed by atoms with Gasteiger partial charge >= 0.3 is 29.6 Å². The Balaban J connectivity index is 0.00000361. The zero-order valence-electron chi connectivity index (χ0n) is 20.3. The van der Waals surface area contributed by atoms with Crippen LogP contribution in [0, 0.1) is 0 Å². The second-order valence-electron chi connectivity index (χ2n) is 7.99. The van der Waals surface area contributed by atoms with Crippen molar-refractivity contribution in [2.75, 3.05) is 0 Å². The smallest absolute Gasteiger partial charge is 0.546 e. The third kappa shape index (κ3) is 7.37. The van der Waals surface area contributed by atoms with Gasteiger partial charge in [0.15, 0.2) is 0 Å². The van der Waals surface area contributed by atoms with E-state index >= 15 is 0 Å². The van der Waals surface area contributed by atoms with Crippen molar-refractivity contribution >= 4 is 28.5 Å². The number of ether oxygens (including phenoxy) is 3. The molecule has 4 aromatic rings. The number of carboxylic acid groups (broad SMARTS) is 1. The van der Waals surface area contributed by atoms with E-state index in [-0.39, 0.29) is 36.2 Å². The van der Waals surface area contributed by atoms with E-state index in [1.807, 2.05) is 55.5 Å². The fourth-order valence-electron chi connectivity index (χ4n) is 3.57. The average molecular weight is 514 g/mol. The molecule has 0 fully saturated rings. The molecule has 0 spiro atoms. The van der Waals surface area contributed by atoms with Crippen LogP contribution in [-0.2, 0) is 18.0 Å². The van der Waals surface area contributed by atoms with E-state index in [9.17, 15) is 9.90 Å². The summed E-state index contributed by atoms with van der Waals surface area (Å²) in [6, 6.07) is 24.4. The molecule has 180 valence electrons. The molecule has 0 unspecified atom stereocenters. The number of halogens is 1. The first-order valence-corrected chi connectivity index (χ1v) is 11.8. The largest absolute Gasteiger partial charge is 1.00 e. The van der Waals surface area contributed by atoms with Crippen LogP contribution in [0.4, 0.5) is 0 Å². The summed E-state index contributed by atoms with van der Waals surface area (Å²) < 4.78 is 17.4. The van der Waals surface area contributed by atoms with Gasteiger partial charge in [-0.25, -0.2) is 4.98 Å². The van der Waals surface area contributed by atoms with E-state index in [2.05, 4.69) is 4.98 Å². The van der Waals surface area contributed by atoms with E-state index in [0.717, 1.165) is 16.6 Å². The number of carbonyl (C=O) groups excluding carboxylic acids is 1. The summed E-state index contributed by atoms with van der Waals surface area (Å²) in [6.07, 6.45) is -0.114. The first-order chi connectivity index (χ1) is 17.0. The summed E-state index contributed by atoms with van der Waals surface area (Å²) in [7, 11) is 0. The number of carboxylic acids is 1. The van der Waals surface area contributed by atoms with Crippen LogP contribution in [0.15, 0.2) is 78.9 Å². The molecule has 36 heavy (non-hydrogen) atoms. The minimum Gasteiger partial charge on any atom is -0.546 e. The maximum atomic E-state index is 11.4. The van der Waals surface area contributed by atoms with Crippen LogP contribution in [0.3, 0.4) is 0 Å². The van der Waals surface area contributed by atoms with Crippen molar-refractivity contribution in [1.29, 1.82) is 0 Å². The molecule has 0 amide bonds. The van der Waals surface area contributed by atoms with E-state index in [1.54, 1.807) is 30.3 Å². The van der Waals surface area contributed by atoms with E-state index in [1.165, 1.54) is 0 Å². The van der Waals surface area contributed by atoms with Crippen LogP contribution < -0.4 is 48.9 Å². The van der Waals surface area contributed by atoms with Crippen LogP contribution in [-0.4, -0.2) is 17.1 Å². The van der Waals surface area contributed by atoms with Gasteiger partial charge in [0.05, 0.1) is 22.2 Å². The van der Waals surface area contributed by atoms with Gasteiger partial charge in [-0.15, -0.1) is 0 Å². The Bertz CT molecular complexity index is 1300. The molecule has 0 saturated heterocycles. The zero-order chi connectivity index (χ0) is 24.6. The second-order valence-corrected chi connectivity index (χ2v) is 8.39. The number of nitrogens with zero attached hydrogens (tertiary/aromatic N) is 1. The summed E-state index contributed by atoms with van der Waals surface area (Å²) >= 11 is 6.28. The predicted octanol–water partition coefficient (Wildman–Crippen LogP) is 2.35. The summed E-state index contributed by atoms with van der Waals surface area (Å²) in [6.45, 7) is 2.39. The van der Waals surface area contributed by atoms with Gasteiger partial charge in [-0.2, -0.15) is 0 Å². The first-order valence-electron chi connectivity index (χ1n) is 11.4. The number of pyridine rings is 1. The Kier molecular flexibility index (Phi) is 10.4. The predicted molar refractivity (Wildman–Crippen MR) is 133 cm³/mol. The van der Waals surface area contributed by atoms with Gasteiger partial charge in [-0.05, 0) is 48.9 Å². The minimum absolute atomic E-state index is 0. The van der Waals surface area contributed by atoms with Crippen molar-refractivity contribution in [3.8, 4) is 17.2 Å². The maximum absolute atomic E-state index is 11.4. The Morgan fingerprint density at radius 2 is 1.61 bits per heavy atom. The van der Waals surface area contributed by atoms with Gasteiger partial charge in [0.1, 0.15) is 36.6 Å². The first kappa shape index (κ1) is 27.8. The van der Waals surface area contributed by atoms with Crippen LogP contribution in [0.25, 0.3) is 10.9 Å². The molecule has 8 heteroatoms. The van der Waals surface area contributed by atoms with Crippen molar-refractivity contribution < 1.29 is 53.7 Å². The summed E-state index contributed by atoms with van der Waals surface area (Å²) in [5, 5.41) is 12.8. The van der Waals surface area contributed by atoms with E-state index < -0.39 is 12.1 Å². The minimum atomic E-state index is -1.27. The standard InChI is InChI=1S/C28H26ClNO5.Na/c1-2-6-26(28(31)32)35-27-20(8-5-9-24(27)29)17-33-22-13-15-23(16-14-22)34-18-21-12-11-19-7-3-4-10-25(19)30-21;/h3-5,7-16,26H,2,6,17-18H2,1H3,(H,31,32);/q;+1/p-1/t26-;/m0./s1. The van der Waals surface area contributed by atoms with E-state index in [0.29, 0.717) is 47.3 Å². The maximum Gasteiger partial charge on any atom is 1.00 e. The Morgan fingerprint density at radius 3 is 2.31 bits per heavy atom. The van der Waals surface area contributed by atoms with Gasteiger partial charge in [-0.3, -0.25) is 0 Å². The number of benzene rings is 3. The molecule has 0 aliphatic carbocycles. The second kappa shape index (κ2) is 13.5. The van der Waals surface area contributed by atoms with Crippen LogP contribution in [0.5, 0.6) is 17.2 Å². The number of aliphatic carboxylic acids is 1. The molecular weight excluding hydrogens is 489 g/mol. The molecule has 0 aliphatic rings. The molecule has 0 saturated carbocycles. The van der Waals surface area contributed by atoms with Crippen molar-refractivity contribution in [1.82, 2.24) is 4.98 Å². The SMILES string of the molecule is CCC[C@H](Oc1c(Cl)cccc1COc1ccc(OCc2ccc3ccccc3n2)cc1)C(=O)[O-].[Na+]. The van der Waals surface area contributed by atoms with Crippen LogP contribution in [0.1, 0.15) is 31.0 Å². The Labute approximate surface area is 237 Å². The Morgan fingerprint density at radius 1 is 0.917 bits per heavy atom. The molecule has 1 atom stereocenters. The third-order valence-corrected chi connectivity index (χ3v) is 5.68. The fraction of sp³-hybridized carbons (Fsp3) is 0.214. The van der Waals surface area contributed by atoms with Crippen molar-refractivity contribution in [3.63, 3.8) is 0 Å². The van der Waals surface area contributed by atoms with Crippen molar-refractivity contribution in [2.24, 2.45) is 0 Å². The van der Waals surface area contributed by atoms with Gasteiger partial charge in [0.2, 0.25) is 0 Å². The van der Waals surface area contributed by atoms with Gasteiger partial charge in [0, 0.05) is 10.9 Å². The van der Waals surface area contributed by atoms with Crippen LogP contribution >= 0.6 is 11.6 Å². The average Bonchev–Trinajstić information content (AvgIpc) is 2.87. The molecule has 4 rings (SSSR count). The number of hydrogen-bond acceptors (Lipinski definition) is 6. The molecule has 1 aromatic heterocycles. The topological polar surface area (TPSA) is 80.7 Å². The summed E-state index contributed by atoms with van der Waals surface area (Å²) in [5.41, 5.74) is 2.42. The van der Waals surface area contributed by atoms with Gasteiger partial charge in [-0.1, -0.05) is 61.3 Å². The van der Waals surface area contributed by atoms with Gasteiger partial charge in [0.25, 0.3) is 0 Å². The number of carbonyl (C=O) groups is 1. The molecule has 0 radical (unpaired) electrons. The van der Waals surface area contributed by atoms with Crippen molar-refractivity contribution in [3.05, 3.63) is 95.1 Å². The summed E-state index contributed by atoms with van der Waals surface area (Å²) in [4.78, 5) is 16.0. The number of aromatic nitrogens is 1. The molecule has 0 aliphatic heterocycles. The monoisotopic (exact) mass is 513 g/mol. The molecule has 1 heterocycles. The summed E-state index contributed by atoms with van der Waals surface area (Å²) in [5.74, 6) is 0.334. The number of hydrogen-bond donors (Lipinski definition) is 0. The molecule has 0 bridgehead atoms. The number of rotatable bonds is 11. The normalized spacial score (nSPS) is 11.4. The van der Waals surface area contributed by atoms with E-state index in [4.69, 9.17) is 25.8 Å². The quantitative estimate of drug-likeness (QED) is 0.286. The third-order valence-electron chi connectivity index (χ3n) is 5.38. The van der Waals surface area contributed by atoms with Crippen LogP contribution in [0.2, 0.25) is 5.02 Å². The molecule has 3 aromatic carbocycles. The molecule has 6 nitrogen and oxygen atoms in total.